The van der Waals surface area contributed by atoms with Crippen molar-refractivity contribution in [3.63, 3.8) is 0 Å². The number of rotatable bonds is 2. The molecule has 0 aliphatic heterocycles. The normalized spacial score (nSPS) is 36.2. The van der Waals surface area contributed by atoms with Gasteiger partial charge < -0.3 is 11.1 Å². The highest BCUT2D eigenvalue weighted by Gasteiger charge is 2.34. The van der Waals surface area contributed by atoms with Gasteiger partial charge in [0.15, 0.2) is 0 Å². The largest absolute Gasteiger partial charge is 0.353 e. The van der Waals surface area contributed by atoms with Gasteiger partial charge in [0.1, 0.15) is 0 Å². The molecule has 0 aromatic heterocycles. The molecule has 3 heteroatoms. The van der Waals surface area contributed by atoms with Crippen LogP contribution < -0.4 is 11.1 Å². The van der Waals surface area contributed by atoms with E-state index in [2.05, 4.69) is 12.2 Å². The van der Waals surface area contributed by atoms with Crippen LogP contribution in [0.15, 0.2) is 0 Å². The van der Waals surface area contributed by atoms with Gasteiger partial charge in [-0.15, -0.1) is 0 Å². The third-order valence-electron chi connectivity index (χ3n) is 4.28. The van der Waals surface area contributed by atoms with Crippen LogP contribution in [0.5, 0.6) is 0 Å². The minimum atomic E-state index is 0.0503. The summed E-state index contributed by atoms with van der Waals surface area (Å²) < 4.78 is 0. The molecule has 3 atom stereocenters. The molecule has 2 fully saturated rings. The molecule has 2 saturated carbocycles. The monoisotopic (exact) mass is 224 g/mol. The molecule has 0 radical (unpaired) electrons. The SMILES string of the molecule is CC1CCCC(N)C1C(=O)NC1CCCC1. The van der Waals surface area contributed by atoms with Gasteiger partial charge in [-0.05, 0) is 31.6 Å². The van der Waals surface area contributed by atoms with Crippen LogP contribution in [0, 0.1) is 11.8 Å². The van der Waals surface area contributed by atoms with Crippen LogP contribution in [0.4, 0.5) is 0 Å². The second-order valence-electron chi connectivity index (χ2n) is 5.59. The summed E-state index contributed by atoms with van der Waals surface area (Å²) in [5.41, 5.74) is 6.08. The van der Waals surface area contributed by atoms with E-state index in [9.17, 15) is 4.79 Å². The molecule has 0 heterocycles. The van der Waals surface area contributed by atoms with Crippen molar-refractivity contribution in [1.82, 2.24) is 5.32 Å². The van der Waals surface area contributed by atoms with Crippen LogP contribution in [0.1, 0.15) is 51.9 Å². The predicted octanol–water partition coefficient (Wildman–Crippen LogP) is 1.81. The molecule has 92 valence electrons. The van der Waals surface area contributed by atoms with Gasteiger partial charge in [-0.1, -0.05) is 26.2 Å². The summed E-state index contributed by atoms with van der Waals surface area (Å²) >= 11 is 0. The summed E-state index contributed by atoms with van der Waals surface area (Å²) in [6.45, 7) is 2.16. The number of carbonyl (C=O) groups excluding carboxylic acids is 1. The van der Waals surface area contributed by atoms with E-state index in [0.717, 1.165) is 25.7 Å². The van der Waals surface area contributed by atoms with Crippen LogP contribution in [-0.4, -0.2) is 18.0 Å². The van der Waals surface area contributed by atoms with Gasteiger partial charge >= 0.3 is 0 Å². The smallest absolute Gasteiger partial charge is 0.225 e. The van der Waals surface area contributed by atoms with Crippen molar-refractivity contribution >= 4 is 5.91 Å². The van der Waals surface area contributed by atoms with E-state index >= 15 is 0 Å². The van der Waals surface area contributed by atoms with E-state index in [1.165, 1.54) is 19.3 Å². The maximum atomic E-state index is 12.2. The van der Waals surface area contributed by atoms with Gasteiger partial charge in [0.05, 0.1) is 5.92 Å². The molecule has 16 heavy (non-hydrogen) atoms. The van der Waals surface area contributed by atoms with Crippen LogP contribution in [0.3, 0.4) is 0 Å². The predicted molar refractivity (Wildman–Crippen MR) is 64.9 cm³/mol. The van der Waals surface area contributed by atoms with Crippen molar-refractivity contribution in [3.05, 3.63) is 0 Å². The fraction of sp³-hybridized carbons (Fsp3) is 0.923. The lowest BCUT2D eigenvalue weighted by Gasteiger charge is -2.33. The Kier molecular flexibility index (Phi) is 3.85. The van der Waals surface area contributed by atoms with Crippen LogP contribution >= 0.6 is 0 Å². The number of hydrogen-bond acceptors (Lipinski definition) is 2. The zero-order chi connectivity index (χ0) is 11.5. The Bertz CT molecular complexity index is 238. The molecular weight excluding hydrogens is 200 g/mol. The first-order valence-electron chi connectivity index (χ1n) is 6.74. The quantitative estimate of drug-likeness (QED) is 0.751. The summed E-state index contributed by atoms with van der Waals surface area (Å²) in [7, 11) is 0. The number of nitrogens with one attached hydrogen (secondary N) is 1. The first kappa shape index (κ1) is 11.9. The van der Waals surface area contributed by atoms with Gasteiger partial charge in [-0.3, -0.25) is 4.79 Å². The topological polar surface area (TPSA) is 55.1 Å². The Balaban J connectivity index is 1.90. The number of amides is 1. The lowest BCUT2D eigenvalue weighted by Crippen LogP contribution is -2.49. The zero-order valence-corrected chi connectivity index (χ0v) is 10.2. The maximum absolute atomic E-state index is 12.2. The zero-order valence-electron chi connectivity index (χ0n) is 10.2. The molecule has 0 spiro atoms. The standard InChI is InChI=1S/C13H24N2O/c1-9-5-4-8-11(14)12(9)13(16)15-10-6-2-3-7-10/h9-12H,2-8,14H2,1H3,(H,15,16). The highest BCUT2D eigenvalue weighted by molar-refractivity contribution is 5.80. The van der Waals surface area contributed by atoms with E-state index < -0.39 is 0 Å². The number of nitrogens with two attached hydrogens (primary N) is 1. The van der Waals surface area contributed by atoms with Crippen molar-refractivity contribution in [2.24, 2.45) is 17.6 Å². The minimum Gasteiger partial charge on any atom is -0.353 e. The molecule has 3 nitrogen and oxygen atoms in total. The third-order valence-corrected chi connectivity index (χ3v) is 4.28. The second kappa shape index (κ2) is 5.17. The van der Waals surface area contributed by atoms with Gasteiger partial charge in [-0.25, -0.2) is 0 Å². The van der Waals surface area contributed by atoms with E-state index in [0.29, 0.717) is 12.0 Å². The maximum Gasteiger partial charge on any atom is 0.225 e. The summed E-state index contributed by atoms with van der Waals surface area (Å²) in [6, 6.07) is 0.499. The summed E-state index contributed by atoms with van der Waals surface area (Å²) in [6.07, 6.45) is 8.16. The molecule has 3 unspecified atom stereocenters. The molecular formula is C13H24N2O. The summed E-state index contributed by atoms with van der Waals surface area (Å²) in [4.78, 5) is 12.2. The van der Waals surface area contributed by atoms with Crippen molar-refractivity contribution in [3.8, 4) is 0 Å². The Morgan fingerprint density at radius 1 is 1.12 bits per heavy atom. The number of hydrogen-bond donors (Lipinski definition) is 2. The Morgan fingerprint density at radius 2 is 1.81 bits per heavy atom. The highest BCUT2D eigenvalue weighted by atomic mass is 16.2. The molecule has 0 bridgehead atoms. The van der Waals surface area contributed by atoms with Crippen molar-refractivity contribution in [1.29, 1.82) is 0 Å². The first-order chi connectivity index (χ1) is 7.68. The fourth-order valence-electron chi connectivity index (χ4n) is 3.28. The average Bonchev–Trinajstić information content (AvgIpc) is 2.70. The van der Waals surface area contributed by atoms with E-state index in [4.69, 9.17) is 5.73 Å². The van der Waals surface area contributed by atoms with Crippen molar-refractivity contribution in [2.75, 3.05) is 0 Å². The van der Waals surface area contributed by atoms with E-state index in [1.807, 2.05) is 0 Å². The average molecular weight is 224 g/mol. The molecule has 3 N–H and O–H groups in total. The van der Waals surface area contributed by atoms with E-state index in [1.54, 1.807) is 0 Å². The third kappa shape index (κ3) is 2.57. The van der Waals surface area contributed by atoms with Crippen LogP contribution in [0.2, 0.25) is 0 Å². The molecule has 2 aliphatic rings. The lowest BCUT2D eigenvalue weighted by molar-refractivity contribution is -0.128. The van der Waals surface area contributed by atoms with Gasteiger partial charge in [0.25, 0.3) is 0 Å². The Morgan fingerprint density at radius 3 is 2.44 bits per heavy atom. The molecule has 2 aliphatic carbocycles. The fourth-order valence-corrected chi connectivity index (χ4v) is 3.28. The molecule has 1 amide bonds. The summed E-state index contributed by atoms with van der Waals surface area (Å²) in [5, 5.41) is 3.19. The van der Waals surface area contributed by atoms with Gasteiger partial charge in [0, 0.05) is 12.1 Å². The molecule has 0 aromatic carbocycles. The Hall–Kier alpha value is -0.570. The van der Waals surface area contributed by atoms with Gasteiger partial charge in [0.2, 0.25) is 5.91 Å². The number of carbonyl (C=O) groups is 1. The van der Waals surface area contributed by atoms with E-state index in [-0.39, 0.29) is 17.9 Å². The van der Waals surface area contributed by atoms with Gasteiger partial charge in [-0.2, -0.15) is 0 Å². The first-order valence-corrected chi connectivity index (χ1v) is 6.74. The summed E-state index contributed by atoms with van der Waals surface area (Å²) in [5.74, 6) is 0.714. The van der Waals surface area contributed by atoms with Crippen molar-refractivity contribution in [2.45, 2.75) is 64.0 Å². The molecule has 2 rings (SSSR count). The minimum absolute atomic E-state index is 0.0503. The van der Waals surface area contributed by atoms with Crippen LogP contribution in [-0.2, 0) is 4.79 Å². The van der Waals surface area contributed by atoms with Crippen LogP contribution in [0.25, 0.3) is 0 Å². The second-order valence-corrected chi connectivity index (χ2v) is 5.59. The van der Waals surface area contributed by atoms with Crippen molar-refractivity contribution < 1.29 is 4.79 Å². The molecule has 0 saturated heterocycles. The highest BCUT2D eigenvalue weighted by Crippen LogP contribution is 2.29. The lowest BCUT2D eigenvalue weighted by atomic mass is 9.76. The Labute approximate surface area is 98.2 Å². The molecule has 0 aromatic rings.